The topological polar surface area (TPSA) is 41.9 Å². The van der Waals surface area contributed by atoms with Gasteiger partial charge >= 0.3 is 0 Å². The molecule has 18 heavy (non-hydrogen) atoms. The van der Waals surface area contributed by atoms with Crippen LogP contribution in [-0.4, -0.2) is 27.5 Å². The summed E-state index contributed by atoms with van der Waals surface area (Å²) in [6, 6.07) is 0.611. The van der Waals surface area contributed by atoms with Crippen molar-refractivity contribution in [2.75, 3.05) is 6.54 Å². The van der Waals surface area contributed by atoms with Crippen molar-refractivity contribution in [3.63, 3.8) is 0 Å². The lowest BCUT2D eigenvalue weighted by Gasteiger charge is -2.09. The zero-order chi connectivity index (χ0) is 13.1. The van der Waals surface area contributed by atoms with Crippen molar-refractivity contribution in [1.82, 2.24) is 20.4 Å². The Kier molecular flexibility index (Phi) is 4.45. The summed E-state index contributed by atoms with van der Waals surface area (Å²) >= 11 is 11.3. The van der Waals surface area contributed by atoms with Gasteiger partial charge in [0.15, 0.2) is 5.11 Å². The van der Waals surface area contributed by atoms with Crippen molar-refractivity contribution in [3.8, 4) is 0 Å². The van der Waals surface area contributed by atoms with Gasteiger partial charge in [0, 0.05) is 19.1 Å². The van der Waals surface area contributed by atoms with Gasteiger partial charge in [-0.05, 0) is 45.3 Å². The van der Waals surface area contributed by atoms with Gasteiger partial charge in [-0.15, -0.1) is 0 Å². The zero-order valence-corrected chi connectivity index (χ0v) is 12.4. The number of nitrogens with zero attached hydrogens (tertiary/aromatic N) is 2. The molecule has 1 aliphatic carbocycles. The highest BCUT2D eigenvalue weighted by Crippen LogP contribution is 2.19. The minimum absolute atomic E-state index is 0.611. The van der Waals surface area contributed by atoms with E-state index in [4.69, 9.17) is 23.8 Å². The Hall–Kier alpha value is -0.810. The first-order valence-corrected chi connectivity index (χ1v) is 7.10. The quantitative estimate of drug-likeness (QED) is 0.643. The van der Waals surface area contributed by atoms with Crippen LogP contribution in [0.1, 0.15) is 30.7 Å². The van der Waals surface area contributed by atoms with Crippen LogP contribution < -0.4 is 10.6 Å². The van der Waals surface area contributed by atoms with Crippen LogP contribution in [0, 0.1) is 13.8 Å². The number of aryl methyl sites for hydroxylation is 2. The van der Waals surface area contributed by atoms with E-state index in [1.165, 1.54) is 12.8 Å². The molecule has 0 bridgehead atoms. The molecule has 0 radical (unpaired) electrons. The summed E-state index contributed by atoms with van der Waals surface area (Å²) < 4.78 is 1.96. The maximum absolute atomic E-state index is 6.10. The van der Waals surface area contributed by atoms with Gasteiger partial charge < -0.3 is 10.6 Å². The number of hydrogen-bond donors (Lipinski definition) is 2. The molecule has 1 aromatic rings. The Labute approximate surface area is 118 Å². The lowest BCUT2D eigenvalue weighted by Crippen LogP contribution is -2.37. The molecule has 0 aromatic carbocycles. The van der Waals surface area contributed by atoms with Crippen LogP contribution in [0.3, 0.4) is 0 Å². The molecule has 0 saturated heterocycles. The maximum Gasteiger partial charge on any atom is 0.166 e. The predicted molar refractivity (Wildman–Crippen MR) is 78.1 cm³/mol. The predicted octanol–water partition coefficient (Wildman–Crippen LogP) is 2.17. The van der Waals surface area contributed by atoms with Gasteiger partial charge in [0.1, 0.15) is 0 Å². The van der Waals surface area contributed by atoms with E-state index in [2.05, 4.69) is 15.7 Å². The largest absolute Gasteiger partial charge is 0.363 e. The van der Waals surface area contributed by atoms with Crippen molar-refractivity contribution < 1.29 is 0 Å². The van der Waals surface area contributed by atoms with E-state index in [0.29, 0.717) is 6.04 Å². The standard InChI is InChI=1S/C12H19ClN4S/c1-8-11(13)9(2)17(16-8)7-3-6-14-12(18)15-10-4-5-10/h10H,3-7H2,1-2H3,(H2,14,15,18). The molecule has 0 unspecified atom stereocenters. The van der Waals surface area contributed by atoms with Gasteiger partial charge in [0.2, 0.25) is 0 Å². The molecule has 1 saturated carbocycles. The molecule has 0 amide bonds. The van der Waals surface area contributed by atoms with Gasteiger partial charge in [0.25, 0.3) is 0 Å². The van der Waals surface area contributed by atoms with Gasteiger partial charge in [0.05, 0.1) is 16.4 Å². The van der Waals surface area contributed by atoms with Crippen molar-refractivity contribution in [3.05, 3.63) is 16.4 Å². The van der Waals surface area contributed by atoms with Gasteiger partial charge in [-0.2, -0.15) is 5.10 Å². The number of thiocarbonyl (C=S) groups is 1. The minimum atomic E-state index is 0.611. The Morgan fingerprint density at radius 2 is 2.22 bits per heavy atom. The Morgan fingerprint density at radius 3 is 2.78 bits per heavy atom. The molecule has 0 aliphatic heterocycles. The molecule has 6 heteroatoms. The van der Waals surface area contributed by atoms with Crippen LogP contribution in [0.2, 0.25) is 5.02 Å². The normalized spacial score (nSPS) is 14.6. The summed E-state index contributed by atoms with van der Waals surface area (Å²) in [5.74, 6) is 0. The second kappa shape index (κ2) is 5.89. The first-order chi connectivity index (χ1) is 8.58. The Balaban J connectivity index is 1.68. The molecule has 2 N–H and O–H groups in total. The van der Waals surface area contributed by atoms with Crippen molar-refractivity contribution >= 4 is 28.9 Å². The van der Waals surface area contributed by atoms with Crippen LogP contribution in [-0.2, 0) is 6.54 Å². The summed E-state index contributed by atoms with van der Waals surface area (Å²) in [7, 11) is 0. The molecule has 100 valence electrons. The third-order valence-electron chi connectivity index (χ3n) is 3.04. The van der Waals surface area contributed by atoms with Crippen LogP contribution in [0.25, 0.3) is 0 Å². The first-order valence-electron chi connectivity index (χ1n) is 6.32. The monoisotopic (exact) mass is 286 g/mol. The fourth-order valence-corrected chi connectivity index (χ4v) is 2.19. The molecular weight excluding hydrogens is 268 g/mol. The van der Waals surface area contributed by atoms with Gasteiger partial charge in [-0.25, -0.2) is 0 Å². The van der Waals surface area contributed by atoms with E-state index in [1.54, 1.807) is 0 Å². The Bertz CT molecular complexity index is 440. The minimum Gasteiger partial charge on any atom is -0.363 e. The van der Waals surface area contributed by atoms with Crippen molar-refractivity contribution in [1.29, 1.82) is 0 Å². The molecule has 1 fully saturated rings. The molecule has 4 nitrogen and oxygen atoms in total. The average Bonchev–Trinajstić information content (AvgIpc) is 3.10. The van der Waals surface area contributed by atoms with E-state index in [0.717, 1.165) is 41.0 Å². The number of hydrogen-bond acceptors (Lipinski definition) is 2. The molecule has 1 aliphatic rings. The smallest absolute Gasteiger partial charge is 0.166 e. The summed E-state index contributed by atoms with van der Waals surface area (Å²) in [5, 5.41) is 12.4. The number of nitrogens with one attached hydrogen (secondary N) is 2. The number of halogens is 1. The van der Waals surface area contributed by atoms with E-state index >= 15 is 0 Å². The SMILES string of the molecule is Cc1nn(CCCNC(=S)NC2CC2)c(C)c1Cl. The van der Waals surface area contributed by atoms with Crippen LogP contribution >= 0.6 is 23.8 Å². The van der Waals surface area contributed by atoms with E-state index in [9.17, 15) is 0 Å². The zero-order valence-electron chi connectivity index (χ0n) is 10.8. The fourth-order valence-electron chi connectivity index (χ4n) is 1.79. The second-order valence-corrected chi connectivity index (χ2v) is 5.52. The molecule has 1 heterocycles. The van der Waals surface area contributed by atoms with E-state index in [-0.39, 0.29) is 0 Å². The molecule has 0 atom stereocenters. The van der Waals surface area contributed by atoms with Crippen LogP contribution in [0.4, 0.5) is 0 Å². The lowest BCUT2D eigenvalue weighted by molar-refractivity contribution is 0.556. The van der Waals surface area contributed by atoms with Crippen molar-refractivity contribution in [2.24, 2.45) is 0 Å². The highest BCUT2D eigenvalue weighted by molar-refractivity contribution is 7.80. The number of rotatable bonds is 5. The third-order valence-corrected chi connectivity index (χ3v) is 3.85. The number of aromatic nitrogens is 2. The lowest BCUT2D eigenvalue weighted by atomic mass is 10.4. The summed E-state index contributed by atoms with van der Waals surface area (Å²) in [5.41, 5.74) is 1.93. The first kappa shape index (κ1) is 13.6. The molecule has 0 spiro atoms. The van der Waals surface area contributed by atoms with E-state index in [1.807, 2.05) is 18.5 Å². The second-order valence-electron chi connectivity index (χ2n) is 4.74. The molecule has 2 rings (SSSR count). The van der Waals surface area contributed by atoms with Gasteiger partial charge in [-0.1, -0.05) is 11.6 Å². The van der Waals surface area contributed by atoms with Crippen molar-refractivity contribution in [2.45, 2.75) is 45.7 Å². The van der Waals surface area contributed by atoms with Gasteiger partial charge in [-0.3, -0.25) is 4.68 Å². The Morgan fingerprint density at radius 1 is 1.50 bits per heavy atom. The summed E-state index contributed by atoms with van der Waals surface area (Å²) in [6.07, 6.45) is 3.46. The third kappa shape index (κ3) is 3.59. The molecule has 1 aromatic heterocycles. The van der Waals surface area contributed by atoms with Crippen LogP contribution in [0.5, 0.6) is 0 Å². The highest BCUT2D eigenvalue weighted by Gasteiger charge is 2.21. The maximum atomic E-state index is 6.10. The van der Waals surface area contributed by atoms with Crippen LogP contribution in [0.15, 0.2) is 0 Å². The molecular formula is C12H19ClN4S. The average molecular weight is 287 g/mol. The summed E-state index contributed by atoms with van der Waals surface area (Å²) in [6.45, 7) is 5.64. The highest BCUT2D eigenvalue weighted by atomic mass is 35.5. The summed E-state index contributed by atoms with van der Waals surface area (Å²) in [4.78, 5) is 0. The van der Waals surface area contributed by atoms with E-state index < -0.39 is 0 Å². The fraction of sp³-hybridized carbons (Fsp3) is 0.667.